The smallest absolute Gasteiger partial charge is 0.241 e. The van der Waals surface area contributed by atoms with Gasteiger partial charge in [0.05, 0.1) is 44.7 Å². The van der Waals surface area contributed by atoms with Crippen LogP contribution in [0.25, 0.3) is 94.4 Å². The van der Waals surface area contributed by atoms with Crippen molar-refractivity contribution in [1.29, 1.82) is 5.26 Å². The number of rotatable bonds is 4. The highest BCUT2D eigenvalue weighted by Crippen LogP contribution is 2.39. The summed E-state index contributed by atoms with van der Waals surface area (Å²) in [5.74, 6) is 1.54. The second-order valence-electron chi connectivity index (χ2n) is 13.2. The van der Waals surface area contributed by atoms with Crippen LogP contribution < -0.4 is 0 Å². The molecule has 53 heavy (non-hydrogen) atoms. The lowest BCUT2D eigenvalue weighted by molar-refractivity contribution is 0.848. The van der Waals surface area contributed by atoms with Crippen LogP contribution >= 0.6 is 0 Å². The van der Waals surface area contributed by atoms with Crippen molar-refractivity contribution < 1.29 is 0 Å². The Labute approximate surface area is 302 Å². The first-order valence-corrected chi connectivity index (χ1v) is 17.5. The molecule has 7 heteroatoms. The van der Waals surface area contributed by atoms with Crippen LogP contribution in [0, 0.1) is 11.3 Å². The Bertz CT molecular complexity index is 3060. The van der Waals surface area contributed by atoms with Crippen molar-refractivity contribution in [2.45, 2.75) is 0 Å². The number of nitrogens with zero attached hydrogens (tertiary/aromatic N) is 7. The predicted molar refractivity (Wildman–Crippen MR) is 213 cm³/mol. The topological polar surface area (TPSA) is 77.2 Å². The van der Waals surface area contributed by atoms with E-state index in [0.29, 0.717) is 23.4 Å². The highest BCUT2D eigenvalue weighted by Gasteiger charge is 2.23. The molecule has 4 heterocycles. The molecule has 0 aliphatic rings. The van der Waals surface area contributed by atoms with Gasteiger partial charge < -0.3 is 0 Å². The van der Waals surface area contributed by atoms with Gasteiger partial charge in [-0.15, -0.1) is 0 Å². The first kappa shape index (κ1) is 29.2. The van der Waals surface area contributed by atoms with Gasteiger partial charge in [0.1, 0.15) is 0 Å². The van der Waals surface area contributed by atoms with E-state index in [-0.39, 0.29) is 0 Å². The molecule has 11 aromatic rings. The Balaban J connectivity index is 1.30. The van der Waals surface area contributed by atoms with Crippen molar-refractivity contribution in [2.75, 3.05) is 0 Å². The number of hydrogen-bond acceptors (Lipinski definition) is 4. The Hall–Kier alpha value is -7.56. The molecule has 246 valence electrons. The minimum absolute atomic E-state index is 0.501. The average Bonchev–Trinajstić information content (AvgIpc) is 3.87. The summed E-state index contributed by atoms with van der Waals surface area (Å²) >= 11 is 0. The lowest BCUT2D eigenvalue weighted by Gasteiger charge is -2.15. The van der Waals surface area contributed by atoms with Crippen LogP contribution in [-0.2, 0) is 0 Å². The van der Waals surface area contributed by atoms with Gasteiger partial charge in [0.25, 0.3) is 0 Å². The molecular weight excluding hydrogens is 651 g/mol. The molecule has 0 unspecified atom stereocenters. The normalized spacial score (nSPS) is 11.8. The Kier molecular flexibility index (Phi) is 6.18. The molecule has 0 atom stereocenters. The zero-order valence-corrected chi connectivity index (χ0v) is 28.2. The molecule has 0 spiro atoms. The molecular formula is C46H27N7. The molecule has 0 radical (unpaired) electrons. The Morgan fingerprint density at radius 1 is 0.358 bits per heavy atom. The van der Waals surface area contributed by atoms with Gasteiger partial charge in [0, 0.05) is 37.9 Å². The second-order valence-corrected chi connectivity index (χ2v) is 13.2. The summed E-state index contributed by atoms with van der Waals surface area (Å²) < 4.78 is 6.49. The second kappa shape index (κ2) is 11.2. The van der Waals surface area contributed by atoms with Gasteiger partial charge in [-0.1, -0.05) is 121 Å². The summed E-state index contributed by atoms with van der Waals surface area (Å²) in [6.07, 6.45) is 0. The highest BCUT2D eigenvalue weighted by molar-refractivity contribution is 6.14. The summed E-state index contributed by atoms with van der Waals surface area (Å²) in [6.45, 7) is 0. The summed E-state index contributed by atoms with van der Waals surface area (Å²) in [6, 6.07) is 58.4. The number of hydrogen-bond donors (Lipinski definition) is 0. The van der Waals surface area contributed by atoms with Gasteiger partial charge in [-0.3, -0.25) is 13.7 Å². The van der Waals surface area contributed by atoms with Crippen LogP contribution in [-0.4, -0.2) is 28.7 Å². The SMILES string of the molecule is N#Cc1ccc(-c2cccc3c4ccccc4n(-c4nc(-n5c6ccccc6c6ccccc65)nc(-n5c6ccccc6c6ccccc65)n4)c23)cc1. The fourth-order valence-electron chi connectivity index (χ4n) is 8.10. The number of para-hydroxylation sites is 6. The lowest BCUT2D eigenvalue weighted by Crippen LogP contribution is -2.13. The van der Waals surface area contributed by atoms with Gasteiger partial charge in [-0.2, -0.15) is 20.2 Å². The zero-order valence-electron chi connectivity index (χ0n) is 28.2. The molecule has 0 aliphatic carbocycles. The summed E-state index contributed by atoms with van der Waals surface area (Å²) in [5, 5.41) is 16.2. The monoisotopic (exact) mass is 677 g/mol. The van der Waals surface area contributed by atoms with Crippen molar-refractivity contribution in [3.63, 3.8) is 0 Å². The first-order chi connectivity index (χ1) is 26.3. The minimum Gasteiger partial charge on any atom is -0.278 e. The standard InChI is InChI=1S/C46H27N7/c47-28-29-24-26-30(27-25-29)31-17-11-18-37-36-16-5-10-23-42(36)53(43(31)37)46-49-44(51-38-19-6-1-12-32(38)33-13-2-7-20-39(33)51)48-45(50-46)52-40-21-8-3-14-34(40)35-15-4-9-22-41(35)52/h1-27H. The minimum atomic E-state index is 0.501. The van der Waals surface area contributed by atoms with E-state index in [9.17, 15) is 5.26 Å². The van der Waals surface area contributed by atoms with Crippen molar-refractivity contribution in [3.8, 4) is 35.0 Å². The maximum atomic E-state index is 9.55. The van der Waals surface area contributed by atoms with E-state index in [1.54, 1.807) is 0 Å². The van der Waals surface area contributed by atoms with Crippen LogP contribution in [0.2, 0.25) is 0 Å². The summed E-state index contributed by atoms with van der Waals surface area (Å²) in [7, 11) is 0. The van der Waals surface area contributed by atoms with E-state index >= 15 is 0 Å². The third-order valence-corrected chi connectivity index (χ3v) is 10.4. The van der Waals surface area contributed by atoms with E-state index in [1.165, 1.54) is 0 Å². The van der Waals surface area contributed by atoms with Gasteiger partial charge in [0.15, 0.2) is 0 Å². The summed E-state index contributed by atoms with van der Waals surface area (Å²) in [4.78, 5) is 16.1. The molecule has 0 aliphatic heterocycles. The van der Waals surface area contributed by atoms with Gasteiger partial charge >= 0.3 is 0 Å². The molecule has 7 nitrogen and oxygen atoms in total. The van der Waals surface area contributed by atoms with E-state index in [4.69, 9.17) is 15.0 Å². The largest absolute Gasteiger partial charge is 0.278 e. The number of benzene rings is 7. The van der Waals surface area contributed by atoms with Crippen LogP contribution in [0.5, 0.6) is 0 Å². The van der Waals surface area contributed by atoms with Gasteiger partial charge in [0.2, 0.25) is 17.8 Å². The van der Waals surface area contributed by atoms with Gasteiger partial charge in [-0.25, -0.2) is 0 Å². The van der Waals surface area contributed by atoms with Crippen molar-refractivity contribution in [2.24, 2.45) is 0 Å². The van der Waals surface area contributed by atoms with Crippen molar-refractivity contribution in [3.05, 3.63) is 169 Å². The number of fused-ring (bicyclic) bond motifs is 9. The fourth-order valence-corrected chi connectivity index (χ4v) is 8.10. The Morgan fingerprint density at radius 3 is 1.15 bits per heavy atom. The molecule has 4 aromatic heterocycles. The van der Waals surface area contributed by atoms with Crippen LogP contribution in [0.3, 0.4) is 0 Å². The first-order valence-electron chi connectivity index (χ1n) is 17.5. The third kappa shape index (κ3) is 4.24. The lowest BCUT2D eigenvalue weighted by atomic mass is 10.0. The van der Waals surface area contributed by atoms with Gasteiger partial charge in [-0.05, 0) is 48.0 Å². The maximum Gasteiger partial charge on any atom is 0.241 e. The molecule has 0 saturated carbocycles. The molecule has 7 aromatic carbocycles. The van der Waals surface area contributed by atoms with Crippen molar-refractivity contribution in [1.82, 2.24) is 28.7 Å². The van der Waals surface area contributed by atoms with E-state index < -0.39 is 0 Å². The molecule has 0 fully saturated rings. The van der Waals surface area contributed by atoms with E-state index in [1.807, 2.05) is 24.3 Å². The highest BCUT2D eigenvalue weighted by atomic mass is 15.3. The number of aromatic nitrogens is 6. The van der Waals surface area contributed by atoms with Crippen LogP contribution in [0.15, 0.2) is 164 Å². The number of nitriles is 1. The third-order valence-electron chi connectivity index (χ3n) is 10.4. The Morgan fingerprint density at radius 2 is 0.717 bits per heavy atom. The summed E-state index contributed by atoms with van der Waals surface area (Å²) in [5.41, 5.74) is 8.64. The fraction of sp³-hybridized carbons (Fsp3) is 0. The predicted octanol–water partition coefficient (Wildman–Crippen LogP) is 10.7. The zero-order chi connectivity index (χ0) is 35.0. The average molecular weight is 678 g/mol. The van der Waals surface area contributed by atoms with E-state index in [0.717, 1.165) is 76.5 Å². The van der Waals surface area contributed by atoms with Crippen LogP contribution in [0.1, 0.15) is 5.56 Å². The molecule has 0 bridgehead atoms. The van der Waals surface area contributed by atoms with Crippen molar-refractivity contribution >= 4 is 65.4 Å². The molecule has 0 saturated heterocycles. The molecule has 11 rings (SSSR count). The van der Waals surface area contributed by atoms with Crippen LogP contribution in [0.4, 0.5) is 0 Å². The molecule has 0 N–H and O–H groups in total. The molecule has 0 amide bonds. The quantitative estimate of drug-likeness (QED) is 0.186. The van der Waals surface area contributed by atoms with E-state index in [2.05, 4.69) is 159 Å². The maximum absolute atomic E-state index is 9.55.